The van der Waals surface area contributed by atoms with E-state index in [1.807, 2.05) is 0 Å². The van der Waals surface area contributed by atoms with Crippen molar-refractivity contribution in [2.75, 3.05) is 31.0 Å². The van der Waals surface area contributed by atoms with Crippen molar-refractivity contribution in [2.45, 2.75) is 6.17 Å². The highest BCUT2D eigenvalue weighted by atomic mass is 16.5. The Hall–Kier alpha value is -4.34. The molecule has 1 aromatic heterocycles. The van der Waals surface area contributed by atoms with Crippen molar-refractivity contribution >= 4 is 29.1 Å². The zero-order chi connectivity index (χ0) is 23.3. The summed E-state index contributed by atoms with van der Waals surface area (Å²) in [6.45, 7) is -0.260. The Labute approximate surface area is 189 Å². The van der Waals surface area contributed by atoms with E-state index in [2.05, 4.69) is 10.4 Å². The molecule has 0 saturated carbocycles. The molecule has 10 heteroatoms. The summed E-state index contributed by atoms with van der Waals surface area (Å²) in [6.07, 6.45) is 2.38. The van der Waals surface area contributed by atoms with Crippen LogP contribution in [0.3, 0.4) is 0 Å². The fourth-order valence-corrected chi connectivity index (χ4v) is 4.43. The van der Waals surface area contributed by atoms with Gasteiger partial charge in [-0.2, -0.15) is 5.10 Å². The van der Waals surface area contributed by atoms with Crippen LogP contribution in [-0.4, -0.2) is 53.2 Å². The van der Waals surface area contributed by atoms with E-state index >= 15 is 0 Å². The highest BCUT2D eigenvalue weighted by molar-refractivity contribution is 6.18. The molecule has 0 spiro atoms. The first-order chi connectivity index (χ1) is 15.9. The minimum Gasteiger partial charge on any atom is -0.493 e. The van der Waals surface area contributed by atoms with Gasteiger partial charge in [0.25, 0.3) is 11.8 Å². The number of carbonyl (C=O) groups excluding carboxylic acids is 3. The van der Waals surface area contributed by atoms with Gasteiger partial charge in [0.2, 0.25) is 5.91 Å². The van der Waals surface area contributed by atoms with Crippen molar-refractivity contribution in [3.8, 4) is 11.5 Å². The van der Waals surface area contributed by atoms with Gasteiger partial charge in [0.15, 0.2) is 11.5 Å². The number of amides is 3. The van der Waals surface area contributed by atoms with Crippen molar-refractivity contribution in [3.05, 3.63) is 65.5 Å². The molecule has 0 aliphatic carbocycles. The Bertz CT molecular complexity index is 1300. The minimum atomic E-state index is -0.797. The highest BCUT2D eigenvalue weighted by Crippen LogP contribution is 2.49. The average Bonchev–Trinajstić information content (AvgIpc) is 3.36. The lowest BCUT2D eigenvalue weighted by Gasteiger charge is -2.40. The topological polar surface area (TPSA) is 106 Å². The van der Waals surface area contributed by atoms with E-state index < -0.39 is 12.1 Å². The van der Waals surface area contributed by atoms with Crippen LogP contribution < -0.4 is 19.7 Å². The molecule has 33 heavy (non-hydrogen) atoms. The summed E-state index contributed by atoms with van der Waals surface area (Å²) in [4.78, 5) is 42.9. The molecule has 2 aliphatic heterocycles. The molecule has 168 valence electrons. The van der Waals surface area contributed by atoms with Gasteiger partial charge in [0.1, 0.15) is 12.7 Å². The van der Waals surface area contributed by atoms with E-state index in [-0.39, 0.29) is 18.4 Å². The summed E-state index contributed by atoms with van der Waals surface area (Å²) in [5, 5.41) is 6.78. The molecule has 1 N–H and O–H groups in total. The second-order valence-corrected chi connectivity index (χ2v) is 7.72. The number of benzene rings is 2. The largest absolute Gasteiger partial charge is 0.493 e. The number of nitrogens with zero attached hydrogens (tertiary/aromatic N) is 4. The Kier molecular flexibility index (Phi) is 4.77. The third-order valence-electron chi connectivity index (χ3n) is 5.79. The quantitative estimate of drug-likeness (QED) is 0.643. The molecule has 10 nitrogen and oxygen atoms in total. The molecule has 3 heterocycles. The van der Waals surface area contributed by atoms with E-state index in [4.69, 9.17) is 9.47 Å². The van der Waals surface area contributed by atoms with Crippen molar-refractivity contribution in [1.29, 1.82) is 0 Å². The average molecular weight is 447 g/mol. The molecular formula is C23H21N5O5. The van der Waals surface area contributed by atoms with Crippen molar-refractivity contribution in [3.63, 3.8) is 0 Å². The van der Waals surface area contributed by atoms with Gasteiger partial charge in [-0.1, -0.05) is 18.2 Å². The molecule has 0 fully saturated rings. The Morgan fingerprint density at radius 3 is 2.58 bits per heavy atom. The van der Waals surface area contributed by atoms with Gasteiger partial charge in [0.05, 0.1) is 42.9 Å². The van der Waals surface area contributed by atoms with Crippen LogP contribution in [-0.2, 0) is 11.8 Å². The Morgan fingerprint density at radius 1 is 1.09 bits per heavy atom. The van der Waals surface area contributed by atoms with Gasteiger partial charge in [0, 0.05) is 18.8 Å². The maximum atomic E-state index is 13.6. The number of aryl methyl sites for hydroxylation is 1. The molecular weight excluding hydrogens is 426 g/mol. The van der Waals surface area contributed by atoms with Crippen LogP contribution in [0.2, 0.25) is 0 Å². The number of nitrogens with one attached hydrogen (secondary N) is 1. The normalized spacial score (nSPS) is 16.3. The van der Waals surface area contributed by atoms with Gasteiger partial charge >= 0.3 is 0 Å². The minimum absolute atomic E-state index is 0.260. The van der Waals surface area contributed by atoms with E-state index in [1.165, 1.54) is 30.2 Å². The lowest BCUT2D eigenvalue weighted by molar-refractivity contribution is -0.117. The fraction of sp³-hybridized carbons (Fsp3) is 0.217. The summed E-state index contributed by atoms with van der Waals surface area (Å²) in [7, 11) is 4.69. The number of rotatable bonds is 5. The smallest absolute Gasteiger partial charge is 0.264 e. The zero-order valence-corrected chi connectivity index (χ0v) is 18.2. The number of ether oxygens (including phenoxy) is 2. The summed E-state index contributed by atoms with van der Waals surface area (Å²) in [5.41, 5.74) is 2.21. The molecule has 1 unspecified atom stereocenters. The number of carbonyl (C=O) groups is 3. The SMILES string of the molecule is COc1ccc2c(c1OC)C(=O)N1c3ccccc3C(=O)N(CC(=O)Nc3cnn(C)c3)C21. The fourth-order valence-electron chi connectivity index (χ4n) is 4.43. The first kappa shape index (κ1) is 20.6. The van der Waals surface area contributed by atoms with Crippen LogP contribution in [0.15, 0.2) is 48.8 Å². The lowest BCUT2D eigenvalue weighted by Crippen LogP contribution is -2.50. The number of hydrogen-bond acceptors (Lipinski definition) is 6. The van der Waals surface area contributed by atoms with Crippen LogP contribution in [0.4, 0.5) is 11.4 Å². The van der Waals surface area contributed by atoms with Gasteiger partial charge in [-0.25, -0.2) is 0 Å². The second kappa shape index (κ2) is 7.66. The molecule has 0 bridgehead atoms. The van der Waals surface area contributed by atoms with E-state index in [9.17, 15) is 14.4 Å². The van der Waals surface area contributed by atoms with Crippen LogP contribution in [0.5, 0.6) is 11.5 Å². The highest BCUT2D eigenvalue weighted by Gasteiger charge is 2.50. The Morgan fingerprint density at radius 2 is 1.88 bits per heavy atom. The van der Waals surface area contributed by atoms with Crippen LogP contribution in [0.1, 0.15) is 32.4 Å². The number of aromatic nitrogens is 2. The lowest BCUT2D eigenvalue weighted by atomic mass is 10.0. The van der Waals surface area contributed by atoms with E-state index in [1.54, 1.807) is 54.3 Å². The first-order valence-corrected chi connectivity index (χ1v) is 10.2. The molecule has 1 atom stereocenters. The maximum Gasteiger partial charge on any atom is 0.264 e. The van der Waals surface area contributed by atoms with Crippen LogP contribution >= 0.6 is 0 Å². The van der Waals surface area contributed by atoms with Gasteiger partial charge in [-0.05, 0) is 18.2 Å². The predicted octanol–water partition coefficient (Wildman–Crippen LogP) is 2.19. The van der Waals surface area contributed by atoms with Gasteiger partial charge < -0.3 is 19.7 Å². The number of hydrogen-bond donors (Lipinski definition) is 1. The summed E-state index contributed by atoms with van der Waals surface area (Å²) < 4.78 is 12.4. The number of fused-ring (bicyclic) bond motifs is 5. The molecule has 3 aromatic rings. The van der Waals surface area contributed by atoms with Crippen molar-refractivity contribution < 1.29 is 23.9 Å². The predicted molar refractivity (Wildman–Crippen MR) is 118 cm³/mol. The zero-order valence-electron chi connectivity index (χ0n) is 18.2. The molecule has 0 radical (unpaired) electrons. The number of para-hydroxylation sites is 1. The molecule has 3 amide bonds. The van der Waals surface area contributed by atoms with E-state index in [0.717, 1.165) is 0 Å². The molecule has 2 aliphatic rings. The Balaban J connectivity index is 1.60. The van der Waals surface area contributed by atoms with Crippen LogP contribution in [0.25, 0.3) is 0 Å². The monoisotopic (exact) mass is 447 g/mol. The molecule has 0 saturated heterocycles. The summed E-state index contributed by atoms with van der Waals surface area (Å²) in [6, 6.07) is 10.3. The molecule has 2 aromatic carbocycles. The standard InChI is InChI=1S/C23H21N5O5/c1-26-11-13(10-24-26)25-18(29)12-27-21-15-8-9-17(32-2)20(33-3)19(15)23(31)28(21)16-7-5-4-6-14(16)22(27)30/h4-11,21H,12H2,1-3H3,(H,25,29). The summed E-state index contributed by atoms with van der Waals surface area (Å²) >= 11 is 0. The van der Waals surface area contributed by atoms with Crippen LogP contribution in [0, 0.1) is 0 Å². The van der Waals surface area contributed by atoms with Gasteiger partial charge in [-0.15, -0.1) is 0 Å². The van der Waals surface area contributed by atoms with E-state index in [0.29, 0.717) is 39.6 Å². The van der Waals surface area contributed by atoms with Gasteiger partial charge in [-0.3, -0.25) is 24.0 Å². The van der Waals surface area contributed by atoms with Crippen molar-refractivity contribution in [2.24, 2.45) is 7.05 Å². The maximum absolute atomic E-state index is 13.6. The second-order valence-electron chi connectivity index (χ2n) is 7.72. The summed E-state index contributed by atoms with van der Waals surface area (Å²) in [5.74, 6) is -0.381. The van der Waals surface area contributed by atoms with Crippen molar-refractivity contribution in [1.82, 2.24) is 14.7 Å². The molecule has 5 rings (SSSR count). The number of methoxy groups -OCH3 is 2. The first-order valence-electron chi connectivity index (χ1n) is 10.2. The third kappa shape index (κ3) is 3.10. The third-order valence-corrected chi connectivity index (χ3v) is 5.79. The number of anilines is 2.